The molecule has 1 rings (SSSR count). The monoisotopic (exact) mass is 327 g/mol. The van der Waals surface area contributed by atoms with Crippen LogP contribution in [0.2, 0.25) is 0 Å². The topological polar surface area (TPSA) is 55.4 Å². The number of carbonyl (C=O) groups is 2. The highest BCUT2D eigenvalue weighted by Crippen LogP contribution is 2.35. The van der Waals surface area contributed by atoms with Gasteiger partial charge in [0.25, 0.3) is 0 Å². The Morgan fingerprint density at radius 3 is 2.17 bits per heavy atom. The number of ether oxygens (including phenoxy) is 1. The van der Waals surface area contributed by atoms with Gasteiger partial charge in [0.1, 0.15) is 0 Å². The van der Waals surface area contributed by atoms with Gasteiger partial charge in [0.15, 0.2) is 0 Å². The standard InChI is InChI=1S/C17H23F2NO3/c1-7-23-15(22)17(18,19)12-8-9-13(11(3)10(12)2)20-14(21)16(4,5)6/h8-9H,7H2,1-6H3,(H,20,21). The number of alkyl halides is 2. The highest BCUT2D eigenvalue weighted by atomic mass is 19.3. The molecule has 0 heterocycles. The van der Waals surface area contributed by atoms with E-state index in [1.165, 1.54) is 19.9 Å². The summed E-state index contributed by atoms with van der Waals surface area (Å²) in [5.74, 6) is -5.52. The number of hydrogen-bond donors (Lipinski definition) is 1. The predicted molar refractivity (Wildman–Crippen MR) is 84.5 cm³/mol. The van der Waals surface area contributed by atoms with Crippen molar-refractivity contribution in [3.63, 3.8) is 0 Å². The number of nitrogens with one attached hydrogen (secondary N) is 1. The third-order valence-corrected chi connectivity index (χ3v) is 3.59. The number of halogens is 2. The van der Waals surface area contributed by atoms with E-state index in [4.69, 9.17) is 0 Å². The molecule has 128 valence electrons. The first kappa shape index (κ1) is 19.1. The molecule has 6 heteroatoms. The molecule has 4 nitrogen and oxygen atoms in total. The fourth-order valence-electron chi connectivity index (χ4n) is 1.94. The fourth-order valence-corrected chi connectivity index (χ4v) is 1.94. The average molecular weight is 327 g/mol. The van der Waals surface area contributed by atoms with Crippen LogP contribution in [0.25, 0.3) is 0 Å². The summed E-state index contributed by atoms with van der Waals surface area (Å²) in [7, 11) is 0. The minimum Gasteiger partial charge on any atom is -0.461 e. The summed E-state index contributed by atoms with van der Waals surface area (Å²) in [6, 6.07) is 2.53. The van der Waals surface area contributed by atoms with Crippen molar-refractivity contribution in [2.45, 2.75) is 47.5 Å². The van der Waals surface area contributed by atoms with Gasteiger partial charge in [-0.15, -0.1) is 0 Å². The molecule has 0 fully saturated rings. The first-order valence-corrected chi connectivity index (χ1v) is 7.40. The van der Waals surface area contributed by atoms with Gasteiger partial charge in [-0.05, 0) is 38.0 Å². The summed E-state index contributed by atoms with van der Waals surface area (Å²) in [4.78, 5) is 23.5. The Hall–Kier alpha value is -1.98. The lowest BCUT2D eigenvalue weighted by Crippen LogP contribution is -2.30. The van der Waals surface area contributed by atoms with Gasteiger partial charge >= 0.3 is 11.9 Å². The molecule has 0 unspecified atom stereocenters. The molecule has 0 bridgehead atoms. The number of rotatable bonds is 4. The molecule has 0 saturated carbocycles. The molecule has 0 radical (unpaired) electrons. The SMILES string of the molecule is CCOC(=O)C(F)(F)c1ccc(NC(=O)C(C)(C)C)c(C)c1C. The van der Waals surface area contributed by atoms with Crippen LogP contribution in [0.5, 0.6) is 0 Å². The summed E-state index contributed by atoms with van der Waals surface area (Å²) in [5.41, 5.74) is 0.167. The Balaban J connectivity index is 3.21. The summed E-state index contributed by atoms with van der Waals surface area (Å²) < 4.78 is 32.8. The molecule has 1 aromatic carbocycles. The summed E-state index contributed by atoms with van der Waals surface area (Å²) >= 11 is 0. The number of hydrogen-bond acceptors (Lipinski definition) is 3. The Bertz CT molecular complexity index is 619. The first-order chi connectivity index (χ1) is 10.4. The van der Waals surface area contributed by atoms with E-state index in [9.17, 15) is 18.4 Å². The van der Waals surface area contributed by atoms with Crippen molar-refractivity contribution >= 4 is 17.6 Å². The van der Waals surface area contributed by atoms with Gasteiger partial charge in [0.05, 0.1) is 6.61 Å². The number of amides is 1. The van der Waals surface area contributed by atoms with E-state index in [-0.39, 0.29) is 18.1 Å². The molecular formula is C17H23F2NO3. The molecule has 1 aromatic rings. The summed E-state index contributed by atoms with van der Waals surface area (Å²) in [6.45, 7) is 9.74. The quantitative estimate of drug-likeness (QED) is 0.852. The Labute approximate surface area is 135 Å². The molecule has 0 atom stereocenters. The van der Waals surface area contributed by atoms with E-state index in [0.29, 0.717) is 11.3 Å². The molecule has 1 N–H and O–H groups in total. The fraction of sp³-hybridized carbons (Fsp3) is 0.529. The second kappa shape index (κ2) is 6.64. The van der Waals surface area contributed by atoms with E-state index in [0.717, 1.165) is 6.07 Å². The van der Waals surface area contributed by atoms with E-state index >= 15 is 0 Å². The molecule has 0 aliphatic carbocycles. The lowest BCUT2D eigenvalue weighted by molar-refractivity contribution is -0.173. The van der Waals surface area contributed by atoms with Crippen LogP contribution in [0.3, 0.4) is 0 Å². The molecule has 0 aromatic heterocycles. The maximum Gasteiger partial charge on any atom is 0.381 e. The zero-order valence-corrected chi connectivity index (χ0v) is 14.3. The highest BCUT2D eigenvalue weighted by Gasteiger charge is 2.44. The maximum absolute atomic E-state index is 14.2. The Morgan fingerprint density at radius 1 is 1.13 bits per heavy atom. The Kier molecular flexibility index (Phi) is 5.51. The van der Waals surface area contributed by atoms with Crippen molar-refractivity contribution in [1.29, 1.82) is 0 Å². The number of esters is 1. The van der Waals surface area contributed by atoms with Crippen LogP contribution < -0.4 is 5.32 Å². The molecular weight excluding hydrogens is 304 g/mol. The van der Waals surface area contributed by atoms with E-state index in [1.807, 2.05) is 0 Å². The molecule has 23 heavy (non-hydrogen) atoms. The number of carbonyl (C=O) groups excluding carboxylic acids is 2. The maximum atomic E-state index is 14.2. The summed E-state index contributed by atoms with van der Waals surface area (Å²) in [5, 5.41) is 2.72. The largest absolute Gasteiger partial charge is 0.461 e. The smallest absolute Gasteiger partial charge is 0.381 e. The van der Waals surface area contributed by atoms with Crippen LogP contribution in [-0.4, -0.2) is 18.5 Å². The average Bonchev–Trinajstić information content (AvgIpc) is 2.42. The molecule has 0 aliphatic heterocycles. The van der Waals surface area contributed by atoms with Crippen molar-refractivity contribution in [2.24, 2.45) is 5.41 Å². The minimum atomic E-state index is -3.72. The van der Waals surface area contributed by atoms with Crippen molar-refractivity contribution < 1.29 is 23.1 Å². The van der Waals surface area contributed by atoms with Crippen LogP contribution in [0, 0.1) is 19.3 Å². The van der Waals surface area contributed by atoms with Crippen LogP contribution in [-0.2, 0) is 20.2 Å². The zero-order chi connectivity index (χ0) is 18.0. The van der Waals surface area contributed by atoms with Gasteiger partial charge < -0.3 is 10.1 Å². The van der Waals surface area contributed by atoms with Gasteiger partial charge in [-0.25, -0.2) is 4.79 Å². The second-order valence-electron chi connectivity index (χ2n) is 6.41. The Morgan fingerprint density at radius 2 is 1.70 bits per heavy atom. The van der Waals surface area contributed by atoms with Crippen LogP contribution in [0.15, 0.2) is 12.1 Å². The van der Waals surface area contributed by atoms with Crippen LogP contribution in [0.4, 0.5) is 14.5 Å². The minimum absolute atomic E-state index is 0.119. The van der Waals surface area contributed by atoms with Gasteiger partial charge in [-0.3, -0.25) is 4.79 Å². The summed E-state index contributed by atoms with van der Waals surface area (Å²) in [6.07, 6.45) is 0. The zero-order valence-electron chi connectivity index (χ0n) is 14.3. The van der Waals surface area contributed by atoms with Crippen LogP contribution in [0.1, 0.15) is 44.4 Å². The van der Waals surface area contributed by atoms with Crippen molar-refractivity contribution in [3.05, 3.63) is 28.8 Å². The van der Waals surface area contributed by atoms with Gasteiger partial charge in [-0.2, -0.15) is 8.78 Å². The van der Waals surface area contributed by atoms with Gasteiger partial charge in [0, 0.05) is 16.7 Å². The van der Waals surface area contributed by atoms with Crippen molar-refractivity contribution in [1.82, 2.24) is 0 Å². The molecule has 0 spiro atoms. The molecule has 1 amide bonds. The van der Waals surface area contributed by atoms with Crippen molar-refractivity contribution in [3.8, 4) is 0 Å². The second-order valence-corrected chi connectivity index (χ2v) is 6.41. The van der Waals surface area contributed by atoms with Gasteiger partial charge in [-0.1, -0.05) is 26.8 Å². The first-order valence-electron chi connectivity index (χ1n) is 7.40. The normalized spacial score (nSPS) is 12.0. The molecule has 0 saturated heterocycles. The van der Waals surface area contributed by atoms with E-state index in [1.54, 1.807) is 27.7 Å². The van der Waals surface area contributed by atoms with E-state index < -0.39 is 22.9 Å². The predicted octanol–water partition coefficient (Wildman–Crippen LogP) is 3.94. The lowest BCUT2D eigenvalue weighted by atomic mass is 9.94. The van der Waals surface area contributed by atoms with E-state index in [2.05, 4.69) is 10.1 Å². The third kappa shape index (κ3) is 4.06. The van der Waals surface area contributed by atoms with Crippen LogP contribution >= 0.6 is 0 Å². The third-order valence-electron chi connectivity index (χ3n) is 3.59. The number of benzene rings is 1. The lowest BCUT2D eigenvalue weighted by Gasteiger charge is -2.22. The van der Waals surface area contributed by atoms with Crippen molar-refractivity contribution in [2.75, 3.05) is 11.9 Å². The highest BCUT2D eigenvalue weighted by molar-refractivity contribution is 5.95. The van der Waals surface area contributed by atoms with Gasteiger partial charge in [0.2, 0.25) is 5.91 Å². The number of anilines is 1. The molecule has 0 aliphatic rings.